The minimum absolute atomic E-state index is 0.878. The standard InChI is InChI=1S/C15H26/c1-6-14(4)10-8-12-15(5)11-7-9-13(2)3/h7,9,11,14H,2,6,8,10,12H2,1,3-5H3. The van der Waals surface area contributed by atoms with E-state index in [2.05, 4.69) is 45.6 Å². The molecule has 0 aromatic heterocycles. The quantitative estimate of drug-likeness (QED) is 0.497. The molecule has 1 atom stereocenters. The molecule has 0 saturated heterocycles. The van der Waals surface area contributed by atoms with Crippen molar-refractivity contribution in [3.05, 3.63) is 36.0 Å². The molecule has 0 fully saturated rings. The lowest BCUT2D eigenvalue weighted by atomic mass is 9.99. The number of rotatable bonds is 7. The summed E-state index contributed by atoms with van der Waals surface area (Å²) in [6.45, 7) is 12.7. The van der Waals surface area contributed by atoms with E-state index < -0.39 is 0 Å². The molecular formula is C15H26. The highest BCUT2D eigenvalue weighted by Gasteiger charge is 1.97. The Morgan fingerprint density at radius 1 is 1.33 bits per heavy atom. The van der Waals surface area contributed by atoms with Gasteiger partial charge in [0.05, 0.1) is 0 Å². The molecule has 0 rings (SSSR count). The SMILES string of the molecule is C=C(C)C=CC=C(C)CCCC(C)CC. The molecule has 0 heteroatoms. The first-order chi connectivity index (χ1) is 7.06. The first kappa shape index (κ1) is 14.2. The minimum atomic E-state index is 0.878. The van der Waals surface area contributed by atoms with Gasteiger partial charge >= 0.3 is 0 Å². The van der Waals surface area contributed by atoms with Crippen LogP contribution in [0.1, 0.15) is 53.4 Å². The van der Waals surface area contributed by atoms with Crippen LogP contribution in [0.2, 0.25) is 0 Å². The smallest absolute Gasteiger partial charge is 0.0320 e. The second-order valence-corrected chi connectivity index (χ2v) is 4.62. The Morgan fingerprint density at radius 2 is 2.00 bits per heavy atom. The van der Waals surface area contributed by atoms with Gasteiger partial charge in [-0.05, 0) is 32.6 Å². The monoisotopic (exact) mass is 206 g/mol. The van der Waals surface area contributed by atoms with E-state index in [0.717, 1.165) is 11.5 Å². The van der Waals surface area contributed by atoms with Gasteiger partial charge in [0.2, 0.25) is 0 Å². The molecule has 0 saturated carbocycles. The lowest BCUT2D eigenvalue weighted by molar-refractivity contribution is 0.495. The van der Waals surface area contributed by atoms with Crippen molar-refractivity contribution in [3.8, 4) is 0 Å². The first-order valence-corrected chi connectivity index (χ1v) is 6.05. The van der Waals surface area contributed by atoms with Crippen LogP contribution in [-0.4, -0.2) is 0 Å². The second kappa shape index (κ2) is 8.52. The number of allylic oxidation sites excluding steroid dienone is 5. The molecule has 0 heterocycles. The summed E-state index contributed by atoms with van der Waals surface area (Å²) in [5.74, 6) is 0.878. The topological polar surface area (TPSA) is 0 Å². The fourth-order valence-corrected chi connectivity index (χ4v) is 1.39. The summed E-state index contributed by atoms with van der Waals surface area (Å²) in [4.78, 5) is 0. The van der Waals surface area contributed by atoms with Gasteiger partial charge in [-0.25, -0.2) is 0 Å². The van der Waals surface area contributed by atoms with Crippen molar-refractivity contribution in [2.45, 2.75) is 53.4 Å². The molecule has 0 aromatic rings. The molecule has 0 radical (unpaired) electrons. The van der Waals surface area contributed by atoms with E-state index in [1.807, 2.05) is 6.92 Å². The van der Waals surface area contributed by atoms with E-state index >= 15 is 0 Å². The van der Waals surface area contributed by atoms with Crippen molar-refractivity contribution < 1.29 is 0 Å². The van der Waals surface area contributed by atoms with Crippen LogP contribution in [0.3, 0.4) is 0 Å². The van der Waals surface area contributed by atoms with Crippen LogP contribution >= 0.6 is 0 Å². The van der Waals surface area contributed by atoms with Crippen molar-refractivity contribution in [2.24, 2.45) is 5.92 Å². The highest BCUT2D eigenvalue weighted by molar-refractivity contribution is 5.19. The molecule has 0 nitrogen and oxygen atoms in total. The lowest BCUT2D eigenvalue weighted by Gasteiger charge is -2.07. The lowest BCUT2D eigenvalue weighted by Crippen LogP contribution is -1.91. The van der Waals surface area contributed by atoms with Crippen molar-refractivity contribution in [1.82, 2.24) is 0 Å². The zero-order chi connectivity index (χ0) is 11.7. The largest absolute Gasteiger partial charge is 0.0961 e. The van der Waals surface area contributed by atoms with E-state index in [4.69, 9.17) is 0 Å². The predicted octanol–water partition coefficient (Wildman–Crippen LogP) is 5.28. The van der Waals surface area contributed by atoms with Crippen LogP contribution in [0.15, 0.2) is 36.0 Å². The summed E-state index contributed by atoms with van der Waals surface area (Å²) >= 11 is 0. The number of hydrogen-bond acceptors (Lipinski definition) is 0. The first-order valence-electron chi connectivity index (χ1n) is 6.05. The average Bonchev–Trinajstić information content (AvgIpc) is 2.17. The maximum absolute atomic E-state index is 3.83. The molecule has 0 aliphatic carbocycles. The van der Waals surface area contributed by atoms with Gasteiger partial charge in [-0.1, -0.05) is 62.6 Å². The summed E-state index contributed by atoms with van der Waals surface area (Å²) < 4.78 is 0. The fraction of sp³-hybridized carbons (Fsp3) is 0.600. The minimum Gasteiger partial charge on any atom is -0.0961 e. The molecule has 0 aliphatic heterocycles. The van der Waals surface area contributed by atoms with Gasteiger partial charge in [0, 0.05) is 0 Å². The van der Waals surface area contributed by atoms with Crippen molar-refractivity contribution in [2.75, 3.05) is 0 Å². The predicted molar refractivity (Wildman–Crippen MR) is 71.0 cm³/mol. The normalized spacial score (nSPS) is 14.5. The highest BCUT2D eigenvalue weighted by Crippen LogP contribution is 2.14. The molecule has 0 spiro atoms. The maximum Gasteiger partial charge on any atom is -0.0320 e. The zero-order valence-electron chi connectivity index (χ0n) is 10.8. The molecule has 0 bridgehead atoms. The third-order valence-corrected chi connectivity index (χ3v) is 2.73. The van der Waals surface area contributed by atoms with Crippen molar-refractivity contribution >= 4 is 0 Å². The van der Waals surface area contributed by atoms with Gasteiger partial charge in [0.1, 0.15) is 0 Å². The fourth-order valence-electron chi connectivity index (χ4n) is 1.39. The van der Waals surface area contributed by atoms with E-state index in [1.54, 1.807) is 0 Å². The van der Waals surface area contributed by atoms with Crippen molar-refractivity contribution in [1.29, 1.82) is 0 Å². The van der Waals surface area contributed by atoms with Gasteiger partial charge in [0.25, 0.3) is 0 Å². The third kappa shape index (κ3) is 9.52. The van der Waals surface area contributed by atoms with Gasteiger partial charge in [0.15, 0.2) is 0 Å². The summed E-state index contributed by atoms with van der Waals surface area (Å²) in [6.07, 6.45) is 11.6. The van der Waals surface area contributed by atoms with E-state index in [-0.39, 0.29) is 0 Å². The highest BCUT2D eigenvalue weighted by atomic mass is 14.0. The van der Waals surface area contributed by atoms with E-state index in [9.17, 15) is 0 Å². The van der Waals surface area contributed by atoms with Crippen LogP contribution in [0.4, 0.5) is 0 Å². The summed E-state index contributed by atoms with van der Waals surface area (Å²) in [5.41, 5.74) is 2.58. The molecule has 1 unspecified atom stereocenters. The average molecular weight is 206 g/mol. The summed E-state index contributed by atoms with van der Waals surface area (Å²) in [7, 11) is 0. The Balaban J connectivity index is 3.73. The van der Waals surface area contributed by atoms with Crippen LogP contribution in [0.5, 0.6) is 0 Å². The Kier molecular flexibility index (Phi) is 8.08. The van der Waals surface area contributed by atoms with E-state index in [0.29, 0.717) is 0 Å². The third-order valence-electron chi connectivity index (χ3n) is 2.73. The molecule has 86 valence electrons. The maximum atomic E-state index is 3.83. The van der Waals surface area contributed by atoms with Gasteiger partial charge in [-0.2, -0.15) is 0 Å². The Labute approximate surface area is 95.8 Å². The van der Waals surface area contributed by atoms with Gasteiger partial charge < -0.3 is 0 Å². The molecule has 0 aliphatic rings. The van der Waals surface area contributed by atoms with Crippen LogP contribution in [0.25, 0.3) is 0 Å². The summed E-state index contributed by atoms with van der Waals surface area (Å²) in [5, 5.41) is 0. The second-order valence-electron chi connectivity index (χ2n) is 4.62. The molecule has 15 heavy (non-hydrogen) atoms. The molecule has 0 amide bonds. The molecule has 0 aromatic carbocycles. The van der Waals surface area contributed by atoms with Crippen molar-refractivity contribution in [3.63, 3.8) is 0 Å². The summed E-state index contributed by atoms with van der Waals surface area (Å²) in [6, 6.07) is 0. The molecular weight excluding hydrogens is 180 g/mol. The van der Waals surface area contributed by atoms with Gasteiger partial charge in [-0.3, -0.25) is 0 Å². The Bertz CT molecular complexity index is 230. The number of hydrogen-bond donors (Lipinski definition) is 0. The van der Waals surface area contributed by atoms with Crippen LogP contribution in [-0.2, 0) is 0 Å². The molecule has 0 N–H and O–H groups in total. The Hall–Kier alpha value is -0.780. The zero-order valence-corrected chi connectivity index (χ0v) is 10.8. The van der Waals surface area contributed by atoms with E-state index in [1.165, 1.54) is 31.3 Å². The van der Waals surface area contributed by atoms with Crippen LogP contribution < -0.4 is 0 Å². The Morgan fingerprint density at radius 3 is 2.53 bits per heavy atom. The van der Waals surface area contributed by atoms with Crippen LogP contribution in [0, 0.1) is 5.92 Å². The van der Waals surface area contributed by atoms with Gasteiger partial charge in [-0.15, -0.1) is 0 Å².